The zero-order valence-electron chi connectivity index (χ0n) is 15.8. The summed E-state index contributed by atoms with van der Waals surface area (Å²) in [6.45, 7) is 6.59. The van der Waals surface area contributed by atoms with Crippen LogP contribution in [-0.2, 0) is 11.2 Å². The predicted molar refractivity (Wildman–Crippen MR) is 111 cm³/mol. The molecule has 0 aliphatic heterocycles. The molecule has 1 N–H and O–H groups in total. The van der Waals surface area contributed by atoms with Gasteiger partial charge in [0.1, 0.15) is 17.4 Å². The quantitative estimate of drug-likeness (QED) is 0.605. The van der Waals surface area contributed by atoms with Crippen molar-refractivity contribution in [3.8, 4) is 17.1 Å². The van der Waals surface area contributed by atoms with Crippen LogP contribution in [0, 0.1) is 5.92 Å². The largest absolute Gasteiger partial charge is 0.489 e. The number of aromatic amines is 1. The highest BCUT2D eigenvalue weighted by molar-refractivity contribution is 7.09. The molecule has 0 radical (unpaired) electrons. The molecule has 2 heterocycles. The summed E-state index contributed by atoms with van der Waals surface area (Å²) in [5, 5.41) is 3.92. The van der Waals surface area contributed by atoms with Crippen molar-refractivity contribution in [2.75, 3.05) is 13.7 Å². The van der Waals surface area contributed by atoms with E-state index < -0.39 is 0 Å². The molecule has 0 saturated carbocycles. The predicted octanol–water partition coefficient (Wildman–Crippen LogP) is 4.92. The van der Waals surface area contributed by atoms with E-state index in [1.54, 1.807) is 36.6 Å². The van der Waals surface area contributed by atoms with Gasteiger partial charge >= 0.3 is 0 Å². The van der Waals surface area contributed by atoms with Crippen LogP contribution in [0.4, 0.5) is 0 Å². The Kier molecular flexibility index (Phi) is 6.19. The van der Waals surface area contributed by atoms with E-state index in [2.05, 4.69) is 23.8 Å². The molecular weight excluding hydrogens is 384 g/mol. The molecule has 5 nitrogen and oxygen atoms in total. The summed E-state index contributed by atoms with van der Waals surface area (Å²) in [6.07, 6.45) is 0.857. The third-order valence-corrected chi connectivity index (χ3v) is 5.44. The first kappa shape index (κ1) is 19.9. The van der Waals surface area contributed by atoms with Crippen molar-refractivity contribution in [1.29, 1.82) is 0 Å². The monoisotopic (exact) mass is 406 g/mol. The number of ether oxygens (including phenoxy) is 2. The van der Waals surface area contributed by atoms with Gasteiger partial charge < -0.3 is 14.5 Å². The van der Waals surface area contributed by atoms with Gasteiger partial charge in [0.15, 0.2) is 5.43 Å². The highest BCUT2D eigenvalue weighted by Gasteiger charge is 2.14. The minimum Gasteiger partial charge on any atom is -0.489 e. The number of benzene rings is 1. The van der Waals surface area contributed by atoms with Gasteiger partial charge in [-0.15, -0.1) is 11.3 Å². The fourth-order valence-electron chi connectivity index (χ4n) is 2.67. The second-order valence-corrected chi connectivity index (χ2v) is 8.25. The Morgan fingerprint density at radius 2 is 2.07 bits per heavy atom. The number of rotatable bonds is 7. The maximum atomic E-state index is 12.6. The molecule has 0 bridgehead atoms. The Labute approximate surface area is 167 Å². The molecule has 0 spiro atoms. The van der Waals surface area contributed by atoms with Crippen LogP contribution in [-0.4, -0.2) is 29.8 Å². The second-order valence-electron chi connectivity index (χ2n) is 6.93. The summed E-state index contributed by atoms with van der Waals surface area (Å²) < 4.78 is 10.9. The highest BCUT2D eigenvalue weighted by Crippen LogP contribution is 2.32. The van der Waals surface area contributed by atoms with Crippen LogP contribution < -0.4 is 10.2 Å². The zero-order chi connectivity index (χ0) is 19.6. The van der Waals surface area contributed by atoms with Crippen LogP contribution in [0.25, 0.3) is 22.3 Å². The third kappa shape index (κ3) is 4.51. The molecule has 0 saturated heterocycles. The summed E-state index contributed by atoms with van der Waals surface area (Å²) in [7, 11) is 1.63. The van der Waals surface area contributed by atoms with E-state index in [1.807, 2.05) is 12.3 Å². The smallest absolute Gasteiger partial charge is 0.190 e. The van der Waals surface area contributed by atoms with E-state index in [1.165, 1.54) is 0 Å². The van der Waals surface area contributed by atoms with Gasteiger partial charge in [0.05, 0.1) is 28.0 Å². The molecule has 1 atom stereocenters. The summed E-state index contributed by atoms with van der Waals surface area (Å²) in [5.74, 6) is 1.04. The highest BCUT2D eigenvalue weighted by atomic mass is 35.5. The van der Waals surface area contributed by atoms with Gasteiger partial charge in [-0.05, 0) is 25.0 Å². The van der Waals surface area contributed by atoms with Gasteiger partial charge in [-0.1, -0.05) is 25.4 Å². The van der Waals surface area contributed by atoms with Crippen LogP contribution in [0.2, 0.25) is 5.02 Å². The maximum absolute atomic E-state index is 12.6. The number of halogens is 1. The Morgan fingerprint density at radius 3 is 2.78 bits per heavy atom. The van der Waals surface area contributed by atoms with Crippen molar-refractivity contribution < 1.29 is 9.47 Å². The van der Waals surface area contributed by atoms with E-state index >= 15 is 0 Å². The van der Waals surface area contributed by atoms with Crippen LogP contribution >= 0.6 is 22.9 Å². The zero-order valence-corrected chi connectivity index (χ0v) is 17.4. The van der Waals surface area contributed by atoms with E-state index in [-0.39, 0.29) is 11.5 Å². The number of nitrogens with zero attached hydrogens (tertiary/aromatic N) is 1. The number of thiazole rings is 1. The molecule has 27 heavy (non-hydrogen) atoms. The fraction of sp³-hybridized carbons (Fsp3) is 0.400. The van der Waals surface area contributed by atoms with E-state index in [4.69, 9.17) is 21.1 Å². The number of aromatic nitrogens is 2. The summed E-state index contributed by atoms with van der Waals surface area (Å²) in [4.78, 5) is 20.5. The molecule has 3 rings (SSSR count). The average Bonchev–Trinajstić information content (AvgIpc) is 3.09. The van der Waals surface area contributed by atoms with Gasteiger partial charge in [0.25, 0.3) is 0 Å². The SMILES string of the molecule is COC(C)COc1ccc2c(=O)cc(-c3csc(CC(C)C)n3)[nH]c2c1Cl. The number of methoxy groups -OCH3 is 1. The van der Waals surface area contributed by atoms with Gasteiger partial charge in [-0.3, -0.25) is 4.79 Å². The normalized spacial score (nSPS) is 12.7. The molecule has 0 fully saturated rings. The number of nitrogens with one attached hydrogen (secondary N) is 1. The Morgan fingerprint density at radius 1 is 1.30 bits per heavy atom. The molecule has 0 aliphatic carbocycles. The van der Waals surface area contributed by atoms with Gasteiger partial charge in [0.2, 0.25) is 0 Å². The summed E-state index contributed by atoms with van der Waals surface area (Å²) >= 11 is 8.12. The van der Waals surface area contributed by atoms with Crippen molar-refractivity contribution in [2.45, 2.75) is 33.3 Å². The van der Waals surface area contributed by atoms with Crippen molar-refractivity contribution in [3.05, 3.63) is 43.8 Å². The number of pyridine rings is 1. The lowest BCUT2D eigenvalue weighted by Crippen LogP contribution is -2.16. The van der Waals surface area contributed by atoms with Crippen LogP contribution in [0.1, 0.15) is 25.8 Å². The molecule has 0 aliphatic rings. The number of H-pyrrole nitrogens is 1. The summed E-state index contributed by atoms with van der Waals surface area (Å²) in [5.41, 5.74) is 1.86. The van der Waals surface area contributed by atoms with Crippen molar-refractivity contribution >= 4 is 33.8 Å². The fourth-order valence-corrected chi connectivity index (χ4v) is 3.94. The first-order valence-electron chi connectivity index (χ1n) is 8.85. The molecule has 1 unspecified atom stereocenters. The van der Waals surface area contributed by atoms with Crippen LogP contribution in [0.15, 0.2) is 28.4 Å². The molecule has 2 aromatic heterocycles. The molecule has 1 aromatic carbocycles. The average molecular weight is 407 g/mol. The lowest BCUT2D eigenvalue weighted by atomic mass is 10.1. The van der Waals surface area contributed by atoms with Gasteiger partial charge in [-0.25, -0.2) is 4.98 Å². The van der Waals surface area contributed by atoms with Gasteiger partial charge in [-0.2, -0.15) is 0 Å². The van der Waals surface area contributed by atoms with Crippen molar-refractivity contribution in [3.63, 3.8) is 0 Å². The van der Waals surface area contributed by atoms with Crippen LogP contribution in [0.3, 0.4) is 0 Å². The first-order chi connectivity index (χ1) is 12.9. The van der Waals surface area contributed by atoms with Gasteiger partial charge in [0, 0.05) is 30.4 Å². The Hall–Kier alpha value is -1.89. The Balaban J connectivity index is 1.99. The van der Waals surface area contributed by atoms with Crippen molar-refractivity contribution in [2.24, 2.45) is 5.92 Å². The minimum atomic E-state index is -0.101. The van der Waals surface area contributed by atoms with Crippen LogP contribution in [0.5, 0.6) is 5.75 Å². The van der Waals surface area contributed by atoms with E-state index in [0.29, 0.717) is 39.9 Å². The molecule has 7 heteroatoms. The first-order valence-corrected chi connectivity index (χ1v) is 10.1. The minimum absolute atomic E-state index is 0.0588. The number of hydrogen-bond donors (Lipinski definition) is 1. The molecule has 3 aromatic rings. The topological polar surface area (TPSA) is 64.2 Å². The number of fused-ring (bicyclic) bond motifs is 1. The molecular formula is C20H23ClN2O3S. The standard InChI is InChI=1S/C20H23ClN2O3S/c1-11(2)7-18-22-15(10-27-18)14-8-16(24)13-5-6-17(19(21)20(13)23-14)26-9-12(3)25-4/h5-6,8,10-12H,7,9H2,1-4H3,(H,23,24). The van der Waals surface area contributed by atoms with Crippen molar-refractivity contribution in [1.82, 2.24) is 9.97 Å². The lowest BCUT2D eigenvalue weighted by molar-refractivity contribution is 0.0717. The third-order valence-electron chi connectivity index (χ3n) is 4.19. The maximum Gasteiger partial charge on any atom is 0.190 e. The molecule has 144 valence electrons. The number of hydrogen-bond acceptors (Lipinski definition) is 5. The second kappa shape index (κ2) is 8.42. The molecule has 0 amide bonds. The summed E-state index contributed by atoms with van der Waals surface area (Å²) in [6, 6.07) is 5.01. The Bertz CT molecular complexity index is 997. The van der Waals surface area contributed by atoms with E-state index in [0.717, 1.165) is 17.1 Å². The van der Waals surface area contributed by atoms with E-state index in [9.17, 15) is 4.79 Å². The lowest BCUT2D eigenvalue weighted by Gasteiger charge is -2.13.